The van der Waals surface area contributed by atoms with Crippen LogP contribution in [0.1, 0.15) is 31.8 Å². The highest BCUT2D eigenvalue weighted by atomic mass is 32.1. The first-order valence-corrected chi connectivity index (χ1v) is 8.25. The van der Waals surface area contributed by atoms with Crippen LogP contribution in [0.25, 0.3) is 0 Å². The molecule has 26 heavy (non-hydrogen) atoms. The predicted molar refractivity (Wildman–Crippen MR) is 93.8 cm³/mol. The van der Waals surface area contributed by atoms with Crippen molar-refractivity contribution in [2.24, 2.45) is 0 Å². The van der Waals surface area contributed by atoms with Crippen molar-refractivity contribution in [3.8, 4) is 11.5 Å². The smallest absolute Gasteiger partial charge is 0.338 e. The lowest BCUT2D eigenvalue weighted by Crippen LogP contribution is -2.17. The molecule has 0 atom stereocenters. The Morgan fingerprint density at radius 3 is 2.35 bits per heavy atom. The molecule has 0 bridgehead atoms. The summed E-state index contributed by atoms with van der Waals surface area (Å²) in [6.45, 7) is 2.45. The largest absolute Gasteiger partial charge is 0.465 e. The zero-order valence-corrected chi connectivity index (χ0v) is 15.3. The molecule has 0 aromatic heterocycles. The van der Waals surface area contributed by atoms with Gasteiger partial charge in [0.2, 0.25) is 0 Å². The molecule has 7 nitrogen and oxygen atoms in total. The third kappa shape index (κ3) is 4.15. The van der Waals surface area contributed by atoms with Gasteiger partial charge in [-0.05, 0) is 31.2 Å². The Morgan fingerprint density at radius 2 is 1.77 bits per heavy atom. The van der Waals surface area contributed by atoms with Gasteiger partial charge in [-0.15, -0.1) is 0 Å². The van der Waals surface area contributed by atoms with Gasteiger partial charge in [-0.3, -0.25) is 4.79 Å². The molecule has 1 aliphatic rings. The average Bonchev–Trinajstić information content (AvgIpc) is 2.92. The van der Waals surface area contributed by atoms with Crippen molar-refractivity contribution in [3.05, 3.63) is 58.7 Å². The number of methoxy groups -OCH3 is 1. The van der Waals surface area contributed by atoms with Gasteiger partial charge in [0.05, 0.1) is 19.2 Å². The van der Waals surface area contributed by atoms with E-state index < -0.39 is 17.5 Å². The Morgan fingerprint density at radius 1 is 1.15 bits per heavy atom. The number of carbonyl (C=O) groups is 2. The molecule has 0 aliphatic carbocycles. The van der Waals surface area contributed by atoms with Gasteiger partial charge in [-0.1, -0.05) is 17.7 Å². The first-order chi connectivity index (χ1) is 12.4. The standard InChI is InChI=1S/C18H17NO4.O2S/c1-11-4-6-13(7-5-11)23-16-9-12(18(21)22-3)8-14-15(16)10-19(2)17(14)20;1-3-2/h4-9H,10H2,1-3H3;. The van der Waals surface area contributed by atoms with E-state index in [-0.39, 0.29) is 5.91 Å². The molecule has 1 amide bonds. The van der Waals surface area contributed by atoms with Crippen LogP contribution in [0.2, 0.25) is 0 Å². The van der Waals surface area contributed by atoms with E-state index in [4.69, 9.17) is 17.9 Å². The molecule has 1 heterocycles. The van der Waals surface area contributed by atoms with Crippen molar-refractivity contribution < 1.29 is 27.5 Å². The van der Waals surface area contributed by atoms with Crippen LogP contribution in [0.15, 0.2) is 36.4 Å². The Labute approximate surface area is 154 Å². The summed E-state index contributed by atoms with van der Waals surface area (Å²) in [5, 5.41) is 0. The maximum absolute atomic E-state index is 12.2. The van der Waals surface area contributed by atoms with E-state index in [1.807, 2.05) is 31.2 Å². The summed E-state index contributed by atoms with van der Waals surface area (Å²) in [6.07, 6.45) is 0. The number of carbonyl (C=O) groups excluding carboxylic acids is 2. The van der Waals surface area contributed by atoms with Gasteiger partial charge in [-0.25, -0.2) is 4.79 Å². The fourth-order valence-electron chi connectivity index (χ4n) is 2.57. The minimum absolute atomic E-state index is 0.125. The van der Waals surface area contributed by atoms with Crippen molar-refractivity contribution in [2.75, 3.05) is 14.2 Å². The van der Waals surface area contributed by atoms with Crippen molar-refractivity contribution in [2.45, 2.75) is 13.5 Å². The van der Waals surface area contributed by atoms with Gasteiger partial charge in [0.15, 0.2) is 0 Å². The van der Waals surface area contributed by atoms with Crippen LogP contribution in [0, 0.1) is 6.92 Å². The van der Waals surface area contributed by atoms with Crippen LogP contribution in [0.5, 0.6) is 11.5 Å². The number of aryl methyl sites for hydroxylation is 1. The van der Waals surface area contributed by atoms with E-state index >= 15 is 0 Å². The molecule has 136 valence electrons. The van der Waals surface area contributed by atoms with Gasteiger partial charge in [0.1, 0.15) is 11.5 Å². The van der Waals surface area contributed by atoms with Gasteiger partial charge in [0.25, 0.3) is 5.91 Å². The fourth-order valence-corrected chi connectivity index (χ4v) is 2.57. The highest BCUT2D eigenvalue weighted by molar-refractivity contribution is 7.51. The number of hydrogen-bond donors (Lipinski definition) is 0. The lowest BCUT2D eigenvalue weighted by molar-refractivity contribution is 0.0600. The number of fused-ring (bicyclic) bond motifs is 1. The lowest BCUT2D eigenvalue weighted by atomic mass is 10.0. The molecule has 0 N–H and O–H groups in total. The molecule has 1 aliphatic heterocycles. The zero-order chi connectivity index (χ0) is 19.3. The summed E-state index contributed by atoms with van der Waals surface area (Å²) < 4.78 is 27.3. The van der Waals surface area contributed by atoms with Crippen LogP contribution in [0.3, 0.4) is 0 Å². The second-order valence-corrected chi connectivity index (χ2v) is 5.77. The van der Waals surface area contributed by atoms with Gasteiger partial charge < -0.3 is 14.4 Å². The average molecular weight is 375 g/mol. The van der Waals surface area contributed by atoms with Crippen LogP contribution in [-0.2, 0) is 22.9 Å². The molecule has 0 fully saturated rings. The van der Waals surface area contributed by atoms with Crippen molar-refractivity contribution in [1.29, 1.82) is 0 Å². The minimum Gasteiger partial charge on any atom is -0.465 e. The molecule has 3 rings (SSSR count). The minimum atomic E-state index is -0.750. The normalized spacial score (nSPS) is 12.0. The summed E-state index contributed by atoms with van der Waals surface area (Å²) in [7, 11) is 3.03. The number of amides is 1. The first-order valence-electron chi connectivity index (χ1n) is 7.58. The third-order valence-corrected chi connectivity index (χ3v) is 3.85. The second kappa shape index (κ2) is 8.39. The summed E-state index contributed by atoms with van der Waals surface area (Å²) >= 11 is -0.750. The third-order valence-electron chi connectivity index (χ3n) is 3.85. The van der Waals surface area contributed by atoms with E-state index in [1.165, 1.54) is 7.11 Å². The van der Waals surface area contributed by atoms with E-state index in [1.54, 1.807) is 24.1 Å². The fraction of sp³-hybridized carbons (Fsp3) is 0.222. The lowest BCUT2D eigenvalue weighted by Gasteiger charge is -2.12. The molecule has 0 unspecified atom stereocenters. The Balaban J connectivity index is 0.000000758. The highest BCUT2D eigenvalue weighted by Gasteiger charge is 2.29. The Hall–Kier alpha value is -3.00. The van der Waals surface area contributed by atoms with Crippen LogP contribution in [-0.4, -0.2) is 39.4 Å². The summed E-state index contributed by atoms with van der Waals surface area (Å²) in [5.41, 5.74) is 2.70. The number of hydrogen-bond acceptors (Lipinski definition) is 6. The maximum atomic E-state index is 12.2. The van der Waals surface area contributed by atoms with E-state index in [0.717, 1.165) is 11.1 Å². The number of rotatable bonds is 3. The monoisotopic (exact) mass is 375 g/mol. The molecular weight excluding hydrogens is 358 g/mol. The molecule has 2 aromatic carbocycles. The number of nitrogens with zero attached hydrogens (tertiary/aromatic N) is 1. The van der Waals surface area contributed by atoms with E-state index in [9.17, 15) is 9.59 Å². The SMILES string of the molecule is COC(=O)c1cc(Oc2ccc(C)cc2)c2c(c1)C(=O)N(C)C2.O=S=O. The number of ether oxygens (including phenoxy) is 2. The molecule has 2 aromatic rings. The van der Waals surface area contributed by atoms with E-state index in [0.29, 0.717) is 29.2 Å². The van der Waals surface area contributed by atoms with Crippen LogP contribution >= 0.6 is 0 Å². The molecule has 0 saturated carbocycles. The molecule has 0 spiro atoms. The van der Waals surface area contributed by atoms with E-state index in [2.05, 4.69) is 0 Å². The highest BCUT2D eigenvalue weighted by Crippen LogP contribution is 2.35. The summed E-state index contributed by atoms with van der Waals surface area (Å²) in [5.74, 6) is 0.537. The Bertz CT molecular complexity index is 872. The second-order valence-electron chi connectivity index (χ2n) is 5.64. The van der Waals surface area contributed by atoms with Gasteiger partial charge in [-0.2, -0.15) is 8.42 Å². The molecular formula is C18H17NO6S. The van der Waals surface area contributed by atoms with Crippen LogP contribution < -0.4 is 4.74 Å². The predicted octanol–water partition coefficient (Wildman–Crippen LogP) is 2.49. The van der Waals surface area contributed by atoms with Crippen LogP contribution in [0.4, 0.5) is 0 Å². The molecule has 0 radical (unpaired) electrons. The zero-order valence-electron chi connectivity index (χ0n) is 14.5. The first kappa shape index (κ1) is 19.3. The van der Waals surface area contributed by atoms with Gasteiger partial charge >= 0.3 is 17.5 Å². The molecule has 8 heteroatoms. The maximum Gasteiger partial charge on any atom is 0.338 e. The molecule has 0 saturated heterocycles. The Kier molecular flexibility index (Phi) is 6.24. The number of benzene rings is 2. The summed E-state index contributed by atoms with van der Waals surface area (Å²) in [4.78, 5) is 25.7. The summed E-state index contributed by atoms with van der Waals surface area (Å²) in [6, 6.07) is 10.8. The topological polar surface area (TPSA) is 90.0 Å². The number of esters is 1. The van der Waals surface area contributed by atoms with Gasteiger partial charge in [0, 0.05) is 18.2 Å². The van der Waals surface area contributed by atoms with Crippen molar-refractivity contribution >= 4 is 23.4 Å². The quantitative estimate of drug-likeness (QED) is 0.766. The van der Waals surface area contributed by atoms with Crippen molar-refractivity contribution in [1.82, 2.24) is 4.90 Å². The van der Waals surface area contributed by atoms with Crippen molar-refractivity contribution in [3.63, 3.8) is 0 Å².